The van der Waals surface area contributed by atoms with Crippen LogP contribution in [0.4, 0.5) is 16.4 Å². The minimum atomic E-state index is -0.445. The van der Waals surface area contributed by atoms with Crippen LogP contribution in [0.3, 0.4) is 0 Å². The van der Waals surface area contributed by atoms with Crippen LogP contribution in [0.25, 0.3) is 6.08 Å². The van der Waals surface area contributed by atoms with Crippen molar-refractivity contribution in [1.29, 1.82) is 10.5 Å². The van der Waals surface area contributed by atoms with Gasteiger partial charge >= 0.3 is 0 Å². The summed E-state index contributed by atoms with van der Waals surface area (Å²) in [6.45, 7) is 0. The highest BCUT2D eigenvalue weighted by atomic mass is 32.1. The number of anilines is 3. The van der Waals surface area contributed by atoms with Crippen LogP contribution in [0.1, 0.15) is 16.0 Å². The number of thiophene rings is 1. The molecule has 0 radical (unpaired) electrons. The van der Waals surface area contributed by atoms with Crippen LogP contribution in [-0.2, 0) is 9.59 Å². The monoisotopic (exact) mass is 483 g/mol. The molecule has 9 heteroatoms. The number of hydrogen-bond donors (Lipinski definition) is 0. The maximum atomic E-state index is 12.7. The number of hydrogen-bond acceptors (Lipinski definition) is 7. The molecular formula is C25H17N5O2S2. The van der Waals surface area contributed by atoms with Crippen molar-refractivity contribution in [2.75, 3.05) is 19.0 Å². The molecule has 2 heterocycles. The summed E-state index contributed by atoms with van der Waals surface area (Å²) in [7, 11) is 3.08. The molecule has 0 atom stereocenters. The lowest BCUT2D eigenvalue weighted by molar-refractivity contribution is -0.132. The van der Waals surface area contributed by atoms with Crippen molar-refractivity contribution in [1.82, 2.24) is 9.80 Å². The van der Waals surface area contributed by atoms with E-state index in [0.717, 1.165) is 16.4 Å². The lowest BCUT2D eigenvalue weighted by atomic mass is 10.1. The second kappa shape index (κ2) is 9.28. The Labute approximate surface area is 206 Å². The Morgan fingerprint density at radius 3 is 1.74 bits per heavy atom. The molecule has 0 saturated carbocycles. The molecule has 1 fully saturated rings. The maximum Gasteiger partial charge on any atom is 0.265 e. The first-order chi connectivity index (χ1) is 16.3. The molecule has 2 aromatic carbocycles. The molecule has 0 unspecified atom stereocenters. The van der Waals surface area contributed by atoms with Gasteiger partial charge < -0.3 is 4.90 Å². The van der Waals surface area contributed by atoms with Crippen LogP contribution in [0, 0.1) is 22.7 Å². The first kappa shape index (κ1) is 22.9. The third-order valence-corrected chi connectivity index (χ3v) is 6.84. The van der Waals surface area contributed by atoms with Gasteiger partial charge in [0.15, 0.2) is 5.11 Å². The van der Waals surface area contributed by atoms with E-state index < -0.39 is 11.8 Å². The summed E-state index contributed by atoms with van der Waals surface area (Å²) in [6, 6.07) is 22.3. The Hall–Kier alpha value is -4.31. The Bertz CT molecular complexity index is 1330. The van der Waals surface area contributed by atoms with E-state index in [-0.39, 0.29) is 10.7 Å². The molecular weight excluding hydrogens is 466 g/mol. The molecule has 34 heavy (non-hydrogen) atoms. The second-order valence-corrected chi connectivity index (χ2v) is 8.86. The summed E-state index contributed by atoms with van der Waals surface area (Å²) < 4.78 is 0. The van der Waals surface area contributed by atoms with E-state index in [4.69, 9.17) is 22.7 Å². The second-order valence-electron chi connectivity index (χ2n) is 7.40. The van der Waals surface area contributed by atoms with Crippen molar-refractivity contribution < 1.29 is 9.59 Å². The molecule has 1 aliphatic rings. The minimum absolute atomic E-state index is 0.0373. The summed E-state index contributed by atoms with van der Waals surface area (Å²) in [5.74, 6) is -0.891. The number of likely N-dealkylation sites (N-methyl/N-ethyl adjacent to an activating group) is 2. The molecule has 1 aliphatic heterocycles. The molecule has 0 bridgehead atoms. The van der Waals surface area contributed by atoms with Gasteiger partial charge in [0.25, 0.3) is 11.8 Å². The predicted octanol–water partition coefficient (Wildman–Crippen LogP) is 4.56. The van der Waals surface area contributed by atoms with Crippen LogP contribution in [0.2, 0.25) is 0 Å². The quantitative estimate of drug-likeness (QED) is 0.307. The number of rotatable bonds is 4. The zero-order chi connectivity index (χ0) is 24.4. The number of nitrogens with zero attached hydrogens (tertiary/aromatic N) is 5. The fourth-order valence-corrected chi connectivity index (χ4v) is 4.59. The van der Waals surface area contributed by atoms with E-state index in [2.05, 4.69) is 12.1 Å². The molecule has 4 rings (SSSR count). The number of amides is 2. The van der Waals surface area contributed by atoms with E-state index in [1.807, 2.05) is 41.3 Å². The van der Waals surface area contributed by atoms with Crippen LogP contribution in [-0.4, -0.2) is 40.8 Å². The number of carbonyl (C=O) groups is 2. The summed E-state index contributed by atoms with van der Waals surface area (Å²) in [6.07, 6.45) is 1.57. The fourth-order valence-electron chi connectivity index (χ4n) is 3.43. The summed E-state index contributed by atoms with van der Waals surface area (Å²) >= 11 is 6.54. The molecule has 2 amide bonds. The lowest BCUT2D eigenvalue weighted by Gasteiger charge is -2.31. The first-order valence-electron chi connectivity index (χ1n) is 10.1. The average molecular weight is 484 g/mol. The topological polar surface area (TPSA) is 91.4 Å². The van der Waals surface area contributed by atoms with E-state index in [1.54, 1.807) is 44.4 Å². The van der Waals surface area contributed by atoms with Crippen LogP contribution in [0.5, 0.6) is 0 Å². The first-order valence-corrected chi connectivity index (χ1v) is 11.3. The zero-order valence-electron chi connectivity index (χ0n) is 18.2. The summed E-state index contributed by atoms with van der Waals surface area (Å²) in [5, 5.41) is 19.3. The van der Waals surface area contributed by atoms with Gasteiger partial charge in [0.2, 0.25) is 0 Å². The standard InChI is InChI=1S/C25H17N5O2S2/c1-28-23(31)21(24(32)29(2)25(28)33)13-20-11-12-22(34-20)30(18-7-3-16(14-26)4-8-18)19-9-5-17(15-27)6-10-19/h3-13H,1-2H3. The van der Waals surface area contributed by atoms with Crippen molar-refractivity contribution in [2.45, 2.75) is 0 Å². The third kappa shape index (κ3) is 4.18. The molecule has 7 nitrogen and oxygen atoms in total. The minimum Gasteiger partial charge on any atom is -0.302 e. The third-order valence-electron chi connectivity index (χ3n) is 5.27. The van der Waals surface area contributed by atoms with Crippen molar-refractivity contribution in [2.24, 2.45) is 0 Å². The maximum absolute atomic E-state index is 12.7. The highest BCUT2D eigenvalue weighted by molar-refractivity contribution is 7.80. The number of benzene rings is 2. The smallest absolute Gasteiger partial charge is 0.265 e. The Kier molecular flexibility index (Phi) is 6.24. The van der Waals surface area contributed by atoms with Crippen molar-refractivity contribution in [3.63, 3.8) is 0 Å². The average Bonchev–Trinajstić information content (AvgIpc) is 3.33. The van der Waals surface area contributed by atoms with Gasteiger partial charge in [-0.3, -0.25) is 19.4 Å². The largest absolute Gasteiger partial charge is 0.302 e. The Balaban J connectivity index is 1.76. The molecule has 1 aromatic heterocycles. The van der Waals surface area contributed by atoms with E-state index >= 15 is 0 Å². The Morgan fingerprint density at radius 2 is 1.29 bits per heavy atom. The van der Waals surface area contributed by atoms with Gasteiger partial charge in [0, 0.05) is 30.3 Å². The Morgan fingerprint density at radius 1 is 0.824 bits per heavy atom. The SMILES string of the molecule is CN1C(=O)C(=Cc2ccc(N(c3ccc(C#N)cc3)c3ccc(C#N)cc3)s2)C(=O)N(C)C1=S. The summed E-state index contributed by atoms with van der Waals surface area (Å²) in [4.78, 5) is 30.6. The van der Waals surface area contributed by atoms with Gasteiger partial charge in [-0.25, -0.2) is 0 Å². The van der Waals surface area contributed by atoms with Gasteiger partial charge in [0.05, 0.1) is 23.3 Å². The zero-order valence-corrected chi connectivity index (χ0v) is 19.9. The van der Waals surface area contributed by atoms with E-state index in [9.17, 15) is 9.59 Å². The molecule has 1 saturated heterocycles. The van der Waals surface area contributed by atoms with Crippen LogP contribution < -0.4 is 4.90 Å². The van der Waals surface area contributed by atoms with Gasteiger partial charge in [-0.1, -0.05) is 0 Å². The van der Waals surface area contributed by atoms with E-state index in [0.29, 0.717) is 16.0 Å². The van der Waals surface area contributed by atoms with Crippen molar-refractivity contribution >= 4 is 62.9 Å². The van der Waals surface area contributed by atoms with Crippen molar-refractivity contribution in [3.8, 4) is 12.1 Å². The summed E-state index contributed by atoms with van der Waals surface area (Å²) in [5.41, 5.74) is 2.76. The van der Waals surface area contributed by atoms with Gasteiger partial charge in [-0.05, 0) is 79.0 Å². The lowest BCUT2D eigenvalue weighted by Crippen LogP contribution is -2.52. The van der Waals surface area contributed by atoms with Crippen LogP contribution in [0.15, 0.2) is 66.2 Å². The predicted molar refractivity (Wildman–Crippen MR) is 135 cm³/mol. The molecule has 0 aliphatic carbocycles. The highest BCUT2D eigenvalue weighted by Crippen LogP contribution is 2.39. The van der Waals surface area contributed by atoms with Gasteiger partial charge in [-0.15, -0.1) is 11.3 Å². The van der Waals surface area contributed by atoms with Crippen molar-refractivity contribution in [3.05, 3.63) is 82.2 Å². The normalized spacial score (nSPS) is 13.5. The number of nitriles is 2. The number of thiocarbonyl (C=S) groups is 1. The molecule has 0 N–H and O–H groups in total. The molecule has 0 spiro atoms. The fraction of sp³-hybridized carbons (Fsp3) is 0.0800. The highest BCUT2D eigenvalue weighted by Gasteiger charge is 2.35. The molecule has 166 valence electrons. The van der Waals surface area contributed by atoms with Gasteiger partial charge in [-0.2, -0.15) is 10.5 Å². The molecule has 3 aromatic rings. The van der Waals surface area contributed by atoms with Crippen LogP contribution >= 0.6 is 23.6 Å². The number of carbonyl (C=O) groups excluding carboxylic acids is 2. The van der Waals surface area contributed by atoms with E-state index in [1.165, 1.54) is 21.1 Å². The van der Waals surface area contributed by atoms with Gasteiger partial charge in [0.1, 0.15) is 10.6 Å².